The quantitative estimate of drug-likeness (QED) is 0.828. The van der Waals surface area contributed by atoms with E-state index in [-0.39, 0.29) is 5.91 Å². The number of amides is 1. The summed E-state index contributed by atoms with van der Waals surface area (Å²) in [4.78, 5) is 15.4. The van der Waals surface area contributed by atoms with E-state index in [1.54, 1.807) is 12.1 Å². The Hall–Kier alpha value is -1.09. The zero-order valence-electron chi connectivity index (χ0n) is 7.66. The molecule has 0 saturated heterocycles. The topological polar surface area (TPSA) is 42.0 Å². The number of aromatic nitrogens is 1. The average molecular weight is 211 g/mol. The SMILES string of the molecule is O=C(NCC1CC1)c1cc(Cl)ccn1. The number of carbonyl (C=O) groups excluding carboxylic acids is 1. The van der Waals surface area contributed by atoms with Crippen LogP contribution in [-0.4, -0.2) is 17.4 Å². The molecule has 0 aromatic carbocycles. The normalized spacial score (nSPS) is 15.2. The van der Waals surface area contributed by atoms with Crippen LogP contribution in [0.3, 0.4) is 0 Å². The molecule has 0 unspecified atom stereocenters. The van der Waals surface area contributed by atoms with Gasteiger partial charge in [-0.1, -0.05) is 11.6 Å². The highest BCUT2D eigenvalue weighted by atomic mass is 35.5. The fourth-order valence-electron chi connectivity index (χ4n) is 1.18. The van der Waals surface area contributed by atoms with E-state index in [9.17, 15) is 4.79 Å². The van der Waals surface area contributed by atoms with Crippen molar-refractivity contribution in [3.8, 4) is 0 Å². The summed E-state index contributed by atoms with van der Waals surface area (Å²) in [7, 11) is 0. The minimum Gasteiger partial charge on any atom is -0.350 e. The average Bonchev–Trinajstić information content (AvgIpc) is 2.97. The molecule has 1 aromatic rings. The molecule has 4 heteroatoms. The zero-order valence-corrected chi connectivity index (χ0v) is 8.42. The number of hydrogen-bond donors (Lipinski definition) is 1. The number of nitrogens with zero attached hydrogens (tertiary/aromatic N) is 1. The Labute approximate surface area is 87.5 Å². The zero-order chi connectivity index (χ0) is 9.97. The highest BCUT2D eigenvalue weighted by Gasteiger charge is 2.22. The molecule has 1 aliphatic rings. The van der Waals surface area contributed by atoms with Crippen LogP contribution < -0.4 is 5.32 Å². The van der Waals surface area contributed by atoms with Crippen LogP contribution in [0.15, 0.2) is 18.3 Å². The molecule has 0 spiro atoms. The number of hydrogen-bond acceptors (Lipinski definition) is 2. The van der Waals surface area contributed by atoms with Crippen molar-refractivity contribution >= 4 is 17.5 Å². The molecular weight excluding hydrogens is 200 g/mol. The second kappa shape index (κ2) is 3.96. The molecule has 0 aliphatic heterocycles. The molecular formula is C10H11ClN2O. The van der Waals surface area contributed by atoms with Gasteiger partial charge >= 0.3 is 0 Å². The Morgan fingerprint density at radius 2 is 2.43 bits per heavy atom. The summed E-state index contributed by atoms with van der Waals surface area (Å²) in [6, 6.07) is 3.23. The van der Waals surface area contributed by atoms with E-state index in [4.69, 9.17) is 11.6 Å². The van der Waals surface area contributed by atoms with E-state index in [0.29, 0.717) is 16.6 Å². The second-order valence-corrected chi connectivity index (χ2v) is 3.95. The van der Waals surface area contributed by atoms with Gasteiger partial charge in [-0.25, -0.2) is 0 Å². The highest BCUT2D eigenvalue weighted by molar-refractivity contribution is 6.30. The van der Waals surface area contributed by atoms with Crippen molar-refractivity contribution in [2.45, 2.75) is 12.8 Å². The maximum atomic E-state index is 11.5. The molecule has 1 amide bonds. The Morgan fingerprint density at radius 1 is 1.64 bits per heavy atom. The first-order chi connectivity index (χ1) is 6.75. The van der Waals surface area contributed by atoms with Crippen molar-refractivity contribution in [3.05, 3.63) is 29.0 Å². The van der Waals surface area contributed by atoms with Crippen LogP contribution >= 0.6 is 11.6 Å². The predicted molar refractivity (Wildman–Crippen MR) is 54.3 cm³/mol. The number of halogens is 1. The van der Waals surface area contributed by atoms with Crippen LogP contribution in [0.4, 0.5) is 0 Å². The summed E-state index contributed by atoms with van der Waals surface area (Å²) in [5.74, 6) is 0.539. The van der Waals surface area contributed by atoms with Crippen molar-refractivity contribution in [1.82, 2.24) is 10.3 Å². The lowest BCUT2D eigenvalue weighted by Crippen LogP contribution is -2.26. The number of pyridine rings is 1. The predicted octanol–water partition coefficient (Wildman–Crippen LogP) is 1.87. The summed E-state index contributed by atoms with van der Waals surface area (Å²) in [6.45, 7) is 0.757. The van der Waals surface area contributed by atoms with Gasteiger partial charge in [-0.3, -0.25) is 9.78 Å². The van der Waals surface area contributed by atoms with E-state index >= 15 is 0 Å². The monoisotopic (exact) mass is 210 g/mol. The van der Waals surface area contributed by atoms with Crippen molar-refractivity contribution < 1.29 is 4.79 Å². The number of carbonyl (C=O) groups is 1. The van der Waals surface area contributed by atoms with Crippen LogP contribution in [0.1, 0.15) is 23.3 Å². The van der Waals surface area contributed by atoms with Gasteiger partial charge in [0.1, 0.15) is 5.69 Å². The Kier molecular flexibility index (Phi) is 2.68. The van der Waals surface area contributed by atoms with Crippen molar-refractivity contribution in [3.63, 3.8) is 0 Å². The fourth-order valence-corrected chi connectivity index (χ4v) is 1.34. The van der Waals surface area contributed by atoms with Crippen molar-refractivity contribution in [1.29, 1.82) is 0 Å². The van der Waals surface area contributed by atoms with Crippen molar-refractivity contribution in [2.75, 3.05) is 6.54 Å². The molecule has 14 heavy (non-hydrogen) atoms. The minimum absolute atomic E-state index is 0.139. The van der Waals surface area contributed by atoms with Gasteiger partial charge in [-0.05, 0) is 30.9 Å². The van der Waals surface area contributed by atoms with Gasteiger partial charge in [-0.2, -0.15) is 0 Å². The van der Waals surface area contributed by atoms with E-state index in [2.05, 4.69) is 10.3 Å². The fraction of sp³-hybridized carbons (Fsp3) is 0.400. The molecule has 3 nitrogen and oxygen atoms in total. The molecule has 74 valence electrons. The first kappa shape index (κ1) is 9.46. The van der Waals surface area contributed by atoms with Gasteiger partial charge in [0, 0.05) is 17.8 Å². The summed E-state index contributed by atoms with van der Waals surface area (Å²) >= 11 is 5.74. The number of rotatable bonds is 3. The lowest BCUT2D eigenvalue weighted by molar-refractivity contribution is 0.0947. The van der Waals surface area contributed by atoms with Gasteiger partial charge < -0.3 is 5.32 Å². The highest BCUT2D eigenvalue weighted by Crippen LogP contribution is 2.27. The smallest absolute Gasteiger partial charge is 0.269 e. The van der Waals surface area contributed by atoms with Gasteiger partial charge in [0.2, 0.25) is 0 Å². The van der Waals surface area contributed by atoms with Gasteiger partial charge in [-0.15, -0.1) is 0 Å². The van der Waals surface area contributed by atoms with Crippen LogP contribution in [0.2, 0.25) is 5.02 Å². The van der Waals surface area contributed by atoms with E-state index in [1.165, 1.54) is 19.0 Å². The van der Waals surface area contributed by atoms with E-state index < -0.39 is 0 Å². The van der Waals surface area contributed by atoms with Gasteiger partial charge in [0.05, 0.1) is 0 Å². The maximum Gasteiger partial charge on any atom is 0.269 e. The van der Waals surface area contributed by atoms with E-state index in [1.807, 2.05) is 0 Å². The molecule has 2 rings (SSSR count). The Bertz CT molecular complexity index is 350. The number of nitrogens with one attached hydrogen (secondary N) is 1. The lowest BCUT2D eigenvalue weighted by atomic mass is 10.3. The third kappa shape index (κ3) is 2.45. The third-order valence-electron chi connectivity index (χ3n) is 2.20. The summed E-state index contributed by atoms with van der Waals surface area (Å²) < 4.78 is 0. The van der Waals surface area contributed by atoms with Crippen LogP contribution in [-0.2, 0) is 0 Å². The molecule has 1 heterocycles. The van der Waals surface area contributed by atoms with Crippen LogP contribution in [0.25, 0.3) is 0 Å². The summed E-state index contributed by atoms with van der Waals surface area (Å²) in [5, 5.41) is 3.37. The standard InChI is InChI=1S/C10H11ClN2O/c11-8-3-4-12-9(5-8)10(14)13-6-7-1-2-7/h3-5,7H,1-2,6H2,(H,13,14). The molecule has 1 saturated carbocycles. The summed E-state index contributed by atoms with van der Waals surface area (Å²) in [5.41, 5.74) is 0.387. The first-order valence-corrected chi connectivity index (χ1v) is 5.03. The lowest BCUT2D eigenvalue weighted by Gasteiger charge is -2.02. The molecule has 0 bridgehead atoms. The molecule has 1 aliphatic carbocycles. The van der Waals surface area contributed by atoms with Crippen LogP contribution in [0, 0.1) is 5.92 Å². The molecule has 1 fully saturated rings. The van der Waals surface area contributed by atoms with Gasteiger partial charge in [0.15, 0.2) is 0 Å². The first-order valence-electron chi connectivity index (χ1n) is 4.65. The Balaban J connectivity index is 1.95. The summed E-state index contributed by atoms with van der Waals surface area (Å²) in [6.07, 6.45) is 3.99. The molecule has 0 radical (unpaired) electrons. The molecule has 1 aromatic heterocycles. The Morgan fingerprint density at radius 3 is 3.07 bits per heavy atom. The second-order valence-electron chi connectivity index (χ2n) is 3.51. The minimum atomic E-state index is -0.139. The van der Waals surface area contributed by atoms with Gasteiger partial charge in [0.25, 0.3) is 5.91 Å². The van der Waals surface area contributed by atoms with E-state index in [0.717, 1.165) is 6.54 Å². The molecule has 0 atom stereocenters. The van der Waals surface area contributed by atoms with Crippen molar-refractivity contribution in [2.24, 2.45) is 5.92 Å². The maximum absolute atomic E-state index is 11.5. The van der Waals surface area contributed by atoms with Crippen LogP contribution in [0.5, 0.6) is 0 Å². The molecule has 1 N–H and O–H groups in total. The third-order valence-corrected chi connectivity index (χ3v) is 2.44. The largest absolute Gasteiger partial charge is 0.350 e.